The van der Waals surface area contributed by atoms with Crippen LogP contribution in [0.3, 0.4) is 0 Å². The van der Waals surface area contributed by atoms with Gasteiger partial charge in [0.15, 0.2) is 5.79 Å². The molecule has 104 valence electrons. The predicted octanol–water partition coefficient (Wildman–Crippen LogP) is 1.17. The third-order valence-corrected chi connectivity index (χ3v) is 3.84. The molecule has 1 saturated carbocycles. The second kappa shape index (κ2) is 5.99. The summed E-state index contributed by atoms with van der Waals surface area (Å²) in [6.45, 7) is 4.07. The van der Waals surface area contributed by atoms with Crippen LogP contribution in [-0.4, -0.2) is 56.1 Å². The Morgan fingerprint density at radius 3 is 2.50 bits per heavy atom. The third kappa shape index (κ3) is 3.22. The van der Waals surface area contributed by atoms with Gasteiger partial charge in [-0.25, -0.2) is 0 Å². The predicted molar refractivity (Wildman–Crippen MR) is 66.2 cm³/mol. The minimum Gasteiger partial charge on any atom is -0.465 e. The monoisotopic (exact) mass is 257 g/mol. The van der Waals surface area contributed by atoms with Crippen molar-refractivity contribution in [2.24, 2.45) is 0 Å². The van der Waals surface area contributed by atoms with Gasteiger partial charge in [-0.05, 0) is 26.8 Å². The van der Waals surface area contributed by atoms with Gasteiger partial charge in [0.25, 0.3) is 0 Å². The van der Waals surface area contributed by atoms with Crippen LogP contribution >= 0.6 is 0 Å². The summed E-state index contributed by atoms with van der Waals surface area (Å²) in [5.74, 6) is -0.463. The first-order chi connectivity index (χ1) is 8.65. The van der Waals surface area contributed by atoms with Crippen molar-refractivity contribution in [3.8, 4) is 0 Å². The van der Waals surface area contributed by atoms with E-state index < -0.39 is 0 Å². The number of carbonyl (C=O) groups excluding carboxylic acids is 1. The third-order valence-electron chi connectivity index (χ3n) is 3.84. The summed E-state index contributed by atoms with van der Waals surface area (Å²) >= 11 is 0. The van der Waals surface area contributed by atoms with Crippen molar-refractivity contribution in [2.75, 3.05) is 33.4 Å². The number of hydrogen-bond acceptors (Lipinski definition) is 5. The average Bonchev–Trinajstić information content (AvgIpc) is 2.78. The summed E-state index contributed by atoms with van der Waals surface area (Å²) in [5, 5.41) is 0. The zero-order valence-electron chi connectivity index (χ0n) is 11.3. The zero-order valence-corrected chi connectivity index (χ0v) is 11.3. The zero-order chi connectivity index (χ0) is 13.0. The SMILES string of the molecule is CCOC(=O)CN(C)C1CCC2(CC1)OCCO2. The molecular weight excluding hydrogens is 234 g/mol. The number of carbonyl (C=O) groups is 1. The van der Waals surface area contributed by atoms with Gasteiger partial charge in [0.1, 0.15) is 0 Å². The van der Waals surface area contributed by atoms with Crippen LogP contribution in [0.25, 0.3) is 0 Å². The lowest BCUT2D eigenvalue weighted by molar-refractivity contribution is -0.183. The van der Waals surface area contributed by atoms with Crippen LogP contribution in [-0.2, 0) is 19.0 Å². The number of nitrogens with zero attached hydrogens (tertiary/aromatic N) is 1. The number of rotatable bonds is 4. The molecule has 0 radical (unpaired) electrons. The standard InChI is InChI=1S/C13H23NO4/c1-3-16-12(15)10-14(2)11-4-6-13(7-5-11)17-8-9-18-13/h11H,3-10H2,1-2H3. The lowest BCUT2D eigenvalue weighted by atomic mass is 9.89. The lowest BCUT2D eigenvalue weighted by Crippen LogP contribution is -2.44. The van der Waals surface area contributed by atoms with Crippen LogP contribution in [0.1, 0.15) is 32.6 Å². The summed E-state index contributed by atoms with van der Waals surface area (Å²) in [4.78, 5) is 13.5. The highest BCUT2D eigenvalue weighted by Gasteiger charge is 2.41. The van der Waals surface area contributed by atoms with E-state index in [4.69, 9.17) is 14.2 Å². The Kier molecular flexibility index (Phi) is 4.59. The second-order valence-corrected chi connectivity index (χ2v) is 5.06. The van der Waals surface area contributed by atoms with Crippen molar-refractivity contribution in [3.05, 3.63) is 0 Å². The first kappa shape index (κ1) is 13.8. The summed E-state index contributed by atoms with van der Waals surface area (Å²) < 4.78 is 16.4. The van der Waals surface area contributed by atoms with Gasteiger partial charge in [-0.3, -0.25) is 9.69 Å². The van der Waals surface area contributed by atoms with E-state index in [1.807, 2.05) is 14.0 Å². The van der Waals surface area contributed by atoms with Gasteiger partial charge >= 0.3 is 5.97 Å². The van der Waals surface area contributed by atoms with Gasteiger partial charge in [-0.1, -0.05) is 0 Å². The lowest BCUT2D eigenvalue weighted by Gasteiger charge is -2.38. The molecule has 1 aliphatic heterocycles. The molecule has 0 aromatic rings. The Balaban J connectivity index is 1.76. The van der Waals surface area contributed by atoms with Crippen LogP contribution in [0.4, 0.5) is 0 Å². The molecule has 0 bridgehead atoms. The molecule has 1 spiro atoms. The fourth-order valence-corrected chi connectivity index (χ4v) is 2.81. The molecule has 2 rings (SSSR count). The number of esters is 1. The molecule has 0 aromatic heterocycles. The number of hydrogen-bond donors (Lipinski definition) is 0. The molecule has 1 saturated heterocycles. The summed E-state index contributed by atoms with van der Waals surface area (Å²) in [5.41, 5.74) is 0. The molecule has 0 amide bonds. The van der Waals surface area contributed by atoms with Gasteiger partial charge in [0.05, 0.1) is 26.4 Å². The topological polar surface area (TPSA) is 48.0 Å². The summed E-state index contributed by atoms with van der Waals surface area (Å²) in [7, 11) is 1.98. The Hall–Kier alpha value is -0.650. The molecule has 5 heteroatoms. The highest BCUT2D eigenvalue weighted by molar-refractivity contribution is 5.71. The van der Waals surface area contributed by atoms with Gasteiger partial charge in [-0.15, -0.1) is 0 Å². The maximum Gasteiger partial charge on any atom is 0.320 e. The molecular formula is C13H23NO4. The second-order valence-electron chi connectivity index (χ2n) is 5.06. The molecule has 0 N–H and O–H groups in total. The minimum atomic E-state index is -0.318. The van der Waals surface area contributed by atoms with E-state index in [-0.39, 0.29) is 11.8 Å². The van der Waals surface area contributed by atoms with Gasteiger partial charge in [0.2, 0.25) is 0 Å². The van der Waals surface area contributed by atoms with Crippen molar-refractivity contribution in [1.82, 2.24) is 4.90 Å². The Labute approximate surface area is 108 Å². The van der Waals surface area contributed by atoms with E-state index in [1.165, 1.54) is 0 Å². The first-order valence-corrected chi connectivity index (χ1v) is 6.79. The fourth-order valence-electron chi connectivity index (χ4n) is 2.81. The van der Waals surface area contributed by atoms with Crippen LogP contribution in [0.15, 0.2) is 0 Å². The largest absolute Gasteiger partial charge is 0.465 e. The molecule has 5 nitrogen and oxygen atoms in total. The molecule has 1 heterocycles. The molecule has 18 heavy (non-hydrogen) atoms. The molecule has 0 atom stereocenters. The van der Waals surface area contributed by atoms with E-state index >= 15 is 0 Å². The normalized spacial score (nSPS) is 23.7. The van der Waals surface area contributed by atoms with Gasteiger partial charge in [0, 0.05) is 18.9 Å². The minimum absolute atomic E-state index is 0.145. The Morgan fingerprint density at radius 2 is 1.94 bits per heavy atom. The van der Waals surface area contributed by atoms with Crippen molar-refractivity contribution in [3.63, 3.8) is 0 Å². The van der Waals surface area contributed by atoms with Gasteiger partial charge < -0.3 is 14.2 Å². The maximum atomic E-state index is 11.4. The van der Waals surface area contributed by atoms with E-state index in [1.54, 1.807) is 0 Å². The van der Waals surface area contributed by atoms with Crippen molar-refractivity contribution >= 4 is 5.97 Å². The molecule has 2 aliphatic rings. The number of ether oxygens (including phenoxy) is 3. The van der Waals surface area contributed by atoms with Crippen molar-refractivity contribution in [1.29, 1.82) is 0 Å². The Bertz CT molecular complexity index is 279. The molecule has 1 aliphatic carbocycles. The number of likely N-dealkylation sites (N-methyl/N-ethyl adjacent to an activating group) is 1. The van der Waals surface area contributed by atoms with Gasteiger partial charge in [-0.2, -0.15) is 0 Å². The highest BCUT2D eigenvalue weighted by atomic mass is 16.7. The van der Waals surface area contributed by atoms with Crippen molar-refractivity contribution < 1.29 is 19.0 Å². The van der Waals surface area contributed by atoms with E-state index in [2.05, 4.69) is 4.90 Å². The average molecular weight is 257 g/mol. The smallest absolute Gasteiger partial charge is 0.320 e. The summed E-state index contributed by atoms with van der Waals surface area (Å²) in [6, 6.07) is 0.424. The van der Waals surface area contributed by atoms with Crippen LogP contribution < -0.4 is 0 Å². The van der Waals surface area contributed by atoms with Crippen molar-refractivity contribution in [2.45, 2.75) is 44.4 Å². The maximum absolute atomic E-state index is 11.4. The fraction of sp³-hybridized carbons (Fsp3) is 0.923. The quantitative estimate of drug-likeness (QED) is 0.707. The van der Waals surface area contributed by atoms with Crippen LogP contribution in [0, 0.1) is 0 Å². The van der Waals surface area contributed by atoms with Crippen LogP contribution in [0.2, 0.25) is 0 Å². The van der Waals surface area contributed by atoms with E-state index in [0.29, 0.717) is 32.4 Å². The molecule has 2 fully saturated rings. The van der Waals surface area contributed by atoms with E-state index in [0.717, 1.165) is 25.7 Å². The van der Waals surface area contributed by atoms with E-state index in [9.17, 15) is 4.79 Å². The Morgan fingerprint density at radius 1 is 1.33 bits per heavy atom. The van der Waals surface area contributed by atoms with Crippen LogP contribution in [0.5, 0.6) is 0 Å². The summed E-state index contributed by atoms with van der Waals surface area (Å²) in [6.07, 6.45) is 3.86. The first-order valence-electron chi connectivity index (χ1n) is 6.79. The molecule has 0 aromatic carbocycles. The highest BCUT2D eigenvalue weighted by Crippen LogP contribution is 2.36. The molecule has 0 unspecified atom stereocenters.